The van der Waals surface area contributed by atoms with Crippen molar-refractivity contribution < 1.29 is 30.0 Å². The zero-order valence-corrected chi connectivity index (χ0v) is 18.0. The molecule has 0 atom stereocenters. The van der Waals surface area contributed by atoms with Crippen LogP contribution in [0.2, 0.25) is 0 Å². The van der Waals surface area contributed by atoms with Gasteiger partial charge in [-0.1, -0.05) is 32.1 Å². The summed E-state index contributed by atoms with van der Waals surface area (Å²) in [5.74, 6) is -6.68. The number of sulfonamides is 1. The minimum atomic E-state index is -4.99. The molecule has 0 amide bonds. The van der Waals surface area contributed by atoms with E-state index in [0.29, 0.717) is 12.8 Å². The van der Waals surface area contributed by atoms with Crippen LogP contribution in [-0.4, -0.2) is 35.2 Å². The maximum absolute atomic E-state index is 15.0. The highest BCUT2D eigenvalue weighted by molar-refractivity contribution is 7.91. The van der Waals surface area contributed by atoms with E-state index in [1.54, 1.807) is 0 Å². The van der Waals surface area contributed by atoms with E-state index in [9.17, 15) is 30.0 Å². The molecule has 0 radical (unpaired) electrons. The Morgan fingerprint density at radius 3 is 1.83 bits per heavy atom. The number of hydrogen-bond acceptors (Lipinski definition) is 6. The maximum atomic E-state index is 15.0. The van der Waals surface area contributed by atoms with Gasteiger partial charge in [0.2, 0.25) is 10.0 Å². The molecule has 7 nitrogen and oxygen atoms in total. The normalized spacial score (nSPS) is 16.6. The third-order valence-corrected chi connectivity index (χ3v) is 7.38. The van der Waals surface area contributed by atoms with Crippen LogP contribution in [0.15, 0.2) is 9.79 Å². The second kappa shape index (κ2) is 10.3. The Bertz CT molecular complexity index is 935. The molecule has 1 aromatic rings. The Labute approximate surface area is 174 Å². The summed E-state index contributed by atoms with van der Waals surface area (Å²) in [6.45, 7) is -0.412. The number of halogens is 4. The quantitative estimate of drug-likeness (QED) is 0.537. The summed E-state index contributed by atoms with van der Waals surface area (Å²) < 4.78 is 91.9. The van der Waals surface area contributed by atoms with Gasteiger partial charge in [0.15, 0.2) is 32.2 Å². The van der Waals surface area contributed by atoms with Crippen LogP contribution in [0.3, 0.4) is 0 Å². The largest absolute Gasteiger partial charge is 0.379 e. The lowest BCUT2D eigenvalue weighted by atomic mass is 9.96. The fourth-order valence-electron chi connectivity index (χ4n) is 3.35. The van der Waals surface area contributed by atoms with Gasteiger partial charge in [0.05, 0.1) is 11.4 Å². The molecule has 1 aliphatic rings. The van der Waals surface area contributed by atoms with Gasteiger partial charge in [0.25, 0.3) is 0 Å². The van der Waals surface area contributed by atoms with Gasteiger partial charge in [-0.3, -0.25) is 0 Å². The van der Waals surface area contributed by atoms with Crippen LogP contribution in [0.4, 0.5) is 18.9 Å². The lowest BCUT2D eigenvalue weighted by molar-refractivity contribution is 0.435. The average molecular weight is 480 g/mol. The first-order valence-electron chi connectivity index (χ1n) is 8.93. The number of hydrogen-bond donors (Lipinski definition) is 3. The zero-order valence-electron chi connectivity index (χ0n) is 15.6. The molecule has 0 saturated heterocycles. The van der Waals surface area contributed by atoms with Crippen LogP contribution in [0.5, 0.6) is 0 Å². The molecular weight excluding hydrogens is 455 g/mol. The lowest BCUT2D eigenvalue weighted by Crippen LogP contribution is -2.27. The Kier molecular flexibility index (Phi) is 9.21. The molecule has 5 N–H and O–H groups in total. The fourth-order valence-corrected chi connectivity index (χ4v) is 5.38. The predicted octanol–water partition coefficient (Wildman–Crippen LogP) is 2.43. The molecule has 0 spiro atoms. The van der Waals surface area contributed by atoms with Crippen LogP contribution in [0.1, 0.15) is 44.9 Å². The molecule has 1 saturated carbocycles. The smallest absolute Gasteiger partial charge is 0.244 e. The maximum Gasteiger partial charge on any atom is 0.244 e. The van der Waals surface area contributed by atoms with Crippen LogP contribution >= 0.6 is 12.4 Å². The van der Waals surface area contributed by atoms with Crippen LogP contribution in [-0.2, 0) is 19.9 Å². The number of anilines is 1. The molecule has 1 aliphatic carbocycles. The number of nitrogens with two attached hydrogens (primary N) is 2. The van der Waals surface area contributed by atoms with E-state index in [0.717, 1.165) is 32.1 Å². The van der Waals surface area contributed by atoms with Crippen molar-refractivity contribution >= 4 is 38.0 Å². The van der Waals surface area contributed by atoms with Crippen molar-refractivity contribution in [2.45, 2.75) is 60.8 Å². The second-order valence-corrected chi connectivity index (χ2v) is 10.4. The molecule has 1 aromatic carbocycles. The highest BCUT2D eigenvalue weighted by Gasteiger charge is 2.36. The third-order valence-electron chi connectivity index (χ3n) is 4.67. The minimum absolute atomic E-state index is 0. The molecule has 1 fully saturated rings. The van der Waals surface area contributed by atoms with Gasteiger partial charge in [0.1, 0.15) is 4.90 Å². The van der Waals surface area contributed by atoms with Crippen molar-refractivity contribution in [1.82, 2.24) is 0 Å². The summed E-state index contributed by atoms with van der Waals surface area (Å²) in [7, 11) is -9.51. The third kappa shape index (κ3) is 5.97. The SMILES string of the molecule is Cl.NCCS(=O)(=O)c1c(F)c(F)c(S(N)(=O)=O)c(F)c1NC1CCCCCCC1. The van der Waals surface area contributed by atoms with Gasteiger partial charge >= 0.3 is 0 Å². The number of sulfone groups is 1. The van der Waals surface area contributed by atoms with Crippen molar-refractivity contribution in [1.29, 1.82) is 0 Å². The first kappa shape index (κ1) is 26.0. The highest BCUT2D eigenvalue weighted by Crippen LogP contribution is 2.36. The second-order valence-electron chi connectivity index (χ2n) is 6.81. The molecule has 0 aromatic heterocycles. The molecule has 0 unspecified atom stereocenters. The van der Waals surface area contributed by atoms with E-state index in [-0.39, 0.29) is 12.4 Å². The van der Waals surface area contributed by atoms with Crippen molar-refractivity contribution in [2.24, 2.45) is 10.9 Å². The molecular formula is C16H25ClF3N3O4S2. The molecule has 168 valence electrons. The highest BCUT2D eigenvalue weighted by atomic mass is 35.5. The summed E-state index contributed by atoms with van der Waals surface area (Å²) in [6.07, 6.45) is 5.53. The van der Waals surface area contributed by atoms with Gasteiger partial charge in [-0.05, 0) is 12.8 Å². The lowest BCUT2D eigenvalue weighted by Gasteiger charge is -2.25. The zero-order chi connectivity index (χ0) is 21.1. The summed E-state index contributed by atoms with van der Waals surface area (Å²) in [5, 5.41) is 7.43. The monoisotopic (exact) mass is 479 g/mol. The molecule has 0 bridgehead atoms. The average Bonchev–Trinajstić information content (AvgIpc) is 2.53. The molecule has 0 aliphatic heterocycles. The minimum Gasteiger partial charge on any atom is -0.379 e. The van der Waals surface area contributed by atoms with Crippen LogP contribution in [0, 0.1) is 17.5 Å². The van der Waals surface area contributed by atoms with E-state index in [1.165, 1.54) is 0 Å². The van der Waals surface area contributed by atoms with Gasteiger partial charge in [-0.15, -0.1) is 12.4 Å². The molecule has 2 rings (SSSR count). The Balaban J connectivity index is 0.00000420. The predicted molar refractivity (Wildman–Crippen MR) is 106 cm³/mol. The molecule has 29 heavy (non-hydrogen) atoms. The van der Waals surface area contributed by atoms with Crippen molar-refractivity contribution in [3.05, 3.63) is 17.5 Å². The van der Waals surface area contributed by atoms with Gasteiger partial charge in [-0.25, -0.2) is 35.1 Å². The van der Waals surface area contributed by atoms with Gasteiger partial charge in [-0.2, -0.15) is 0 Å². The Morgan fingerprint density at radius 2 is 1.34 bits per heavy atom. The Morgan fingerprint density at radius 1 is 0.862 bits per heavy atom. The van der Waals surface area contributed by atoms with E-state index < -0.39 is 71.1 Å². The molecule has 0 heterocycles. The molecule has 13 heteroatoms. The Hall–Kier alpha value is -1.08. The fraction of sp³-hybridized carbons (Fsp3) is 0.625. The van der Waals surface area contributed by atoms with Crippen molar-refractivity contribution in [3.8, 4) is 0 Å². The summed E-state index contributed by atoms with van der Waals surface area (Å²) >= 11 is 0. The summed E-state index contributed by atoms with van der Waals surface area (Å²) in [6, 6.07) is -0.431. The van der Waals surface area contributed by atoms with E-state index in [1.807, 2.05) is 0 Å². The summed E-state index contributed by atoms with van der Waals surface area (Å²) in [5.41, 5.74) is 4.31. The van der Waals surface area contributed by atoms with Gasteiger partial charge < -0.3 is 11.1 Å². The number of benzene rings is 1. The van der Waals surface area contributed by atoms with Crippen molar-refractivity contribution in [2.75, 3.05) is 17.6 Å². The van der Waals surface area contributed by atoms with E-state index in [4.69, 9.17) is 10.9 Å². The first-order valence-corrected chi connectivity index (χ1v) is 12.1. The number of rotatable bonds is 6. The summed E-state index contributed by atoms with van der Waals surface area (Å²) in [4.78, 5) is -2.97. The van der Waals surface area contributed by atoms with Crippen molar-refractivity contribution in [3.63, 3.8) is 0 Å². The van der Waals surface area contributed by atoms with Crippen LogP contribution < -0.4 is 16.2 Å². The topological polar surface area (TPSA) is 132 Å². The number of nitrogens with one attached hydrogen (secondary N) is 1. The van der Waals surface area contributed by atoms with E-state index in [2.05, 4.69) is 5.32 Å². The van der Waals surface area contributed by atoms with Gasteiger partial charge in [0, 0.05) is 12.6 Å². The standard InChI is InChI=1S/C16H24F3N3O4S2.ClH/c17-11-12(18)16(27(23,24)9-8-20)14(13(19)15(11)28(21,25)26)22-10-6-4-2-1-3-5-7-10;/h10,22H,1-9,20H2,(H2,21,25,26);1H. The first-order chi connectivity index (χ1) is 13.0. The van der Waals surface area contributed by atoms with Crippen LogP contribution in [0.25, 0.3) is 0 Å². The van der Waals surface area contributed by atoms with E-state index >= 15 is 0 Å². The number of primary sulfonamides is 1.